The zero-order valence-electron chi connectivity index (χ0n) is 17.4. The van der Waals surface area contributed by atoms with Crippen LogP contribution < -0.4 is 10.1 Å². The highest BCUT2D eigenvalue weighted by Crippen LogP contribution is 2.16. The molecule has 1 N–H and O–H groups in total. The van der Waals surface area contributed by atoms with E-state index in [0.29, 0.717) is 5.75 Å². The molecule has 0 bridgehead atoms. The van der Waals surface area contributed by atoms with Gasteiger partial charge in [0, 0.05) is 12.6 Å². The summed E-state index contributed by atoms with van der Waals surface area (Å²) in [6.07, 6.45) is -0.629. The van der Waals surface area contributed by atoms with E-state index < -0.39 is 23.7 Å². The number of methoxy groups -OCH3 is 2. The molecular formula is C20H30N2O6. The van der Waals surface area contributed by atoms with Crippen molar-refractivity contribution in [2.45, 2.75) is 52.3 Å². The largest absolute Gasteiger partial charge is 0.497 e. The highest BCUT2D eigenvalue weighted by atomic mass is 16.6. The SMILES string of the molecule is COC(=O)C[C@@H](C)N(Cc1ccc(OC)cc1)C(=O)CNC(=O)OC(C)(C)C. The fraction of sp³-hybridized carbons (Fsp3) is 0.550. The maximum Gasteiger partial charge on any atom is 0.408 e. The number of hydrogen-bond donors (Lipinski definition) is 1. The Morgan fingerprint density at radius 2 is 1.71 bits per heavy atom. The van der Waals surface area contributed by atoms with Gasteiger partial charge in [0.05, 0.1) is 20.6 Å². The molecule has 0 saturated heterocycles. The van der Waals surface area contributed by atoms with Crippen molar-refractivity contribution in [1.29, 1.82) is 0 Å². The number of esters is 1. The molecule has 1 aromatic rings. The molecule has 1 rings (SSSR count). The second-order valence-corrected chi connectivity index (χ2v) is 7.35. The molecule has 0 heterocycles. The van der Waals surface area contributed by atoms with Gasteiger partial charge in [-0.2, -0.15) is 0 Å². The van der Waals surface area contributed by atoms with E-state index in [4.69, 9.17) is 14.2 Å². The van der Waals surface area contributed by atoms with Crippen LogP contribution in [0.1, 0.15) is 39.7 Å². The topological polar surface area (TPSA) is 94.2 Å². The van der Waals surface area contributed by atoms with Crippen LogP contribution in [-0.4, -0.2) is 55.3 Å². The number of rotatable bonds is 8. The van der Waals surface area contributed by atoms with Gasteiger partial charge in [-0.05, 0) is 45.4 Å². The Morgan fingerprint density at radius 3 is 2.21 bits per heavy atom. The van der Waals surface area contributed by atoms with Gasteiger partial charge >= 0.3 is 12.1 Å². The average molecular weight is 394 g/mol. The smallest absolute Gasteiger partial charge is 0.408 e. The molecule has 0 aliphatic rings. The van der Waals surface area contributed by atoms with Crippen LogP contribution >= 0.6 is 0 Å². The van der Waals surface area contributed by atoms with Crippen LogP contribution in [0.5, 0.6) is 5.75 Å². The minimum atomic E-state index is -0.675. The van der Waals surface area contributed by atoms with Crippen LogP contribution in [-0.2, 0) is 25.6 Å². The number of carbonyl (C=O) groups excluding carboxylic acids is 3. The number of amides is 2. The third-order valence-electron chi connectivity index (χ3n) is 3.84. The second-order valence-electron chi connectivity index (χ2n) is 7.35. The number of ether oxygens (including phenoxy) is 3. The summed E-state index contributed by atoms with van der Waals surface area (Å²) < 4.78 is 15.0. The molecule has 1 aromatic carbocycles. The summed E-state index contributed by atoms with van der Waals surface area (Å²) >= 11 is 0. The van der Waals surface area contributed by atoms with E-state index in [9.17, 15) is 14.4 Å². The molecule has 0 aliphatic carbocycles. The third-order valence-corrected chi connectivity index (χ3v) is 3.84. The molecular weight excluding hydrogens is 364 g/mol. The summed E-state index contributed by atoms with van der Waals surface area (Å²) in [5.74, 6) is -0.0472. The first-order valence-corrected chi connectivity index (χ1v) is 9.01. The zero-order chi connectivity index (χ0) is 21.3. The average Bonchev–Trinajstić information content (AvgIpc) is 2.63. The Labute approximate surface area is 166 Å². The molecule has 0 unspecified atom stereocenters. The van der Waals surface area contributed by atoms with E-state index >= 15 is 0 Å². The molecule has 0 radical (unpaired) electrons. The summed E-state index contributed by atoms with van der Waals surface area (Å²) in [6.45, 7) is 7.01. The minimum Gasteiger partial charge on any atom is -0.497 e. The lowest BCUT2D eigenvalue weighted by Gasteiger charge is -2.29. The highest BCUT2D eigenvalue weighted by Gasteiger charge is 2.24. The van der Waals surface area contributed by atoms with Crippen molar-refractivity contribution in [3.8, 4) is 5.75 Å². The lowest BCUT2D eigenvalue weighted by molar-refractivity contribution is -0.143. The normalized spacial score (nSPS) is 11.9. The fourth-order valence-corrected chi connectivity index (χ4v) is 2.42. The van der Waals surface area contributed by atoms with Crippen LogP contribution in [0.3, 0.4) is 0 Å². The van der Waals surface area contributed by atoms with Gasteiger partial charge in [-0.1, -0.05) is 12.1 Å². The molecule has 0 aliphatic heterocycles. The van der Waals surface area contributed by atoms with Gasteiger partial charge in [0.25, 0.3) is 0 Å². The van der Waals surface area contributed by atoms with E-state index in [1.54, 1.807) is 46.9 Å². The van der Waals surface area contributed by atoms with Crippen LogP contribution in [0.4, 0.5) is 4.79 Å². The lowest BCUT2D eigenvalue weighted by Crippen LogP contribution is -2.45. The Bertz CT molecular complexity index is 666. The summed E-state index contributed by atoms with van der Waals surface area (Å²) in [4.78, 5) is 37.7. The van der Waals surface area contributed by atoms with Crippen LogP contribution in [0.2, 0.25) is 0 Å². The van der Waals surface area contributed by atoms with Crippen molar-refractivity contribution < 1.29 is 28.6 Å². The van der Waals surface area contributed by atoms with Crippen molar-refractivity contribution in [1.82, 2.24) is 10.2 Å². The van der Waals surface area contributed by atoms with Crippen molar-refractivity contribution in [2.75, 3.05) is 20.8 Å². The zero-order valence-corrected chi connectivity index (χ0v) is 17.4. The van der Waals surface area contributed by atoms with E-state index in [1.165, 1.54) is 12.0 Å². The number of benzene rings is 1. The molecule has 8 nitrogen and oxygen atoms in total. The monoisotopic (exact) mass is 394 g/mol. The van der Waals surface area contributed by atoms with Gasteiger partial charge in [-0.25, -0.2) is 4.79 Å². The molecule has 8 heteroatoms. The molecule has 0 saturated carbocycles. The minimum absolute atomic E-state index is 0.0465. The summed E-state index contributed by atoms with van der Waals surface area (Å²) in [5.41, 5.74) is 0.205. The lowest BCUT2D eigenvalue weighted by atomic mass is 10.1. The van der Waals surface area contributed by atoms with Crippen LogP contribution in [0.25, 0.3) is 0 Å². The second kappa shape index (κ2) is 10.5. The molecule has 0 spiro atoms. The molecule has 28 heavy (non-hydrogen) atoms. The standard InChI is InChI=1S/C20H30N2O6/c1-14(11-18(24)27-6)22(13-15-7-9-16(26-5)10-8-15)17(23)12-21-19(25)28-20(2,3)4/h7-10,14H,11-13H2,1-6H3,(H,21,25)/t14-/m1/s1. The molecule has 156 valence electrons. The predicted molar refractivity (Wildman–Crippen MR) is 104 cm³/mol. The number of hydrogen-bond acceptors (Lipinski definition) is 6. The number of nitrogens with zero attached hydrogens (tertiary/aromatic N) is 1. The molecule has 2 amide bonds. The Morgan fingerprint density at radius 1 is 1.11 bits per heavy atom. The molecule has 0 aromatic heterocycles. The van der Waals surface area contributed by atoms with Gasteiger partial charge in [0.15, 0.2) is 0 Å². The Kier molecular flexibility index (Phi) is 8.76. The number of alkyl carbamates (subject to hydrolysis) is 1. The third kappa shape index (κ3) is 8.28. The van der Waals surface area contributed by atoms with Gasteiger partial charge in [0.2, 0.25) is 5.91 Å². The fourth-order valence-electron chi connectivity index (χ4n) is 2.42. The van der Waals surface area contributed by atoms with Crippen molar-refractivity contribution >= 4 is 18.0 Å². The molecule has 0 fully saturated rings. The predicted octanol–water partition coefficient (Wildman–Crippen LogP) is 2.50. The highest BCUT2D eigenvalue weighted by molar-refractivity contribution is 5.83. The summed E-state index contributed by atoms with van der Waals surface area (Å²) in [5, 5.41) is 2.46. The van der Waals surface area contributed by atoms with Crippen LogP contribution in [0.15, 0.2) is 24.3 Å². The van der Waals surface area contributed by atoms with Gasteiger partial charge < -0.3 is 24.4 Å². The Balaban J connectivity index is 2.84. The Hall–Kier alpha value is -2.77. The number of carbonyl (C=O) groups is 3. The van der Waals surface area contributed by atoms with E-state index in [2.05, 4.69) is 5.32 Å². The number of nitrogens with one attached hydrogen (secondary N) is 1. The van der Waals surface area contributed by atoms with Crippen molar-refractivity contribution in [3.05, 3.63) is 29.8 Å². The van der Waals surface area contributed by atoms with Crippen LogP contribution in [0, 0.1) is 0 Å². The van der Waals surface area contributed by atoms with Gasteiger partial charge in [-0.3, -0.25) is 9.59 Å². The van der Waals surface area contributed by atoms with Crippen molar-refractivity contribution in [2.24, 2.45) is 0 Å². The molecule has 1 atom stereocenters. The van der Waals surface area contributed by atoms with Crippen molar-refractivity contribution in [3.63, 3.8) is 0 Å². The van der Waals surface area contributed by atoms with Gasteiger partial charge in [0.1, 0.15) is 17.9 Å². The van der Waals surface area contributed by atoms with Gasteiger partial charge in [-0.15, -0.1) is 0 Å². The first kappa shape index (κ1) is 23.3. The quantitative estimate of drug-likeness (QED) is 0.681. The van der Waals surface area contributed by atoms with E-state index in [1.807, 2.05) is 12.1 Å². The maximum absolute atomic E-state index is 12.7. The van der Waals surface area contributed by atoms with E-state index in [0.717, 1.165) is 5.56 Å². The summed E-state index contributed by atoms with van der Waals surface area (Å²) in [6, 6.07) is 6.85. The van der Waals surface area contributed by atoms with E-state index in [-0.39, 0.29) is 25.4 Å². The first-order chi connectivity index (χ1) is 13.1. The maximum atomic E-state index is 12.7. The summed E-state index contributed by atoms with van der Waals surface area (Å²) in [7, 11) is 2.88. The first-order valence-electron chi connectivity index (χ1n) is 9.01.